The molecule has 0 amide bonds. The second-order valence-electron chi connectivity index (χ2n) is 4.93. The molecule has 0 unspecified atom stereocenters. The maximum absolute atomic E-state index is 9.58. The molecule has 0 saturated heterocycles. The molecule has 3 nitrogen and oxygen atoms in total. The standard InChI is InChI=1S/C17H15ClN2O/c1-12(21)14-7-8-17(16(18)9-14)20-11-15(10-19-20)13-5-3-2-4-6-13/h2-12,21H,1H3/t12-/m1/s1. The molecular weight excluding hydrogens is 284 g/mol. The fraction of sp³-hybridized carbons (Fsp3) is 0.118. The number of rotatable bonds is 3. The van der Waals surface area contributed by atoms with Crippen molar-refractivity contribution in [3.63, 3.8) is 0 Å². The van der Waals surface area contributed by atoms with Gasteiger partial charge in [0.05, 0.1) is 23.0 Å². The summed E-state index contributed by atoms with van der Waals surface area (Å²) in [6.45, 7) is 1.72. The molecule has 4 heteroatoms. The van der Waals surface area contributed by atoms with Crippen molar-refractivity contribution in [2.45, 2.75) is 13.0 Å². The van der Waals surface area contributed by atoms with Gasteiger partial charge in [-0.1, -0.05) is 48.0 Å². The highest BCUT2D eigenvalue weighted by atomic mass is 35.5. The first-order valence-electron chi connectivity index (χ1n) is 6.73. The minimum atomic E-state index is -0.533. The average Bonchev–Trinajstić information content (AvgIpc) is 2.97. The van der Waals surface area contributed by atoms with Gasteiger partial charge in [-0.2, -0.15) is 5.10 Å². The van der Waals surface area contributed by atoms with Crippen LogP contribution < -0.4 is 0 Å². The molecule has 0 aliphatic carbocycles. The average molecular weight is 299 g/mol. The smallest absolute Gasteiger partial charge is 0.0832 e. The Kier molecular flexibility index (Phi) is 3.78. The van der Waals surface area contributed by atoms with E-state index in [9.17, 15) is 5.11 Å². The van der Waals surface area contributed by atoms with E-state index in [4.69, 9.17) is 11.6 Å². The summed E-state index contributed by atoms with van der Waals surface area (Å²) in [7, 11) is 0. The number of aromatic nitrogens is 2. The van der Waals surface area contributed by atoms with Crippen molar-refractivity contribution in [3.05, 3.63) is 71.5 Å². The van der Waals surface area contributed by atoms with E-state index in [0.717, 1.165) is 22.4 Å². The van der Waals surface area contributed by atoms with E-state index in [1.807, 2.05) is 54.9 Å². The van der Waals surface area contributed by atoms with Crippen molar-refractivity contribution in [1.29, 1.82) is 0 Å². The predicted molar refractivity (Wildman–Crippen MR) is 84.6 cm³/mol. The van der Waals surface area contributed by atoms with Gasteiger partial charge in [0.2, 0.25) is 0 Å². The third-order valence-corrected chi connectivity index (χ3v) is 3.69. The Balaban J connectivity index is 1.97. The predicted octanol–water partition coefficient (Wildman–Crippen LogP) is 4.25. The van der Waals surface area contributed by atoms with Crippen molar-refractivity contribution in [2.24, 2.45) is 0 Å². The van der Waals surface area contributed by atoms with Crippen LogP contribution in [0.25, 0.3) is 16.8 Å². The molecule has 106 valence electrons. The summed E-state index contributed by atoms with van der Waals surface area (Å²) < 4.78 is 1.75. The van der Waals surface area contributed by atoms with Gasteiger partial charge in [0, 0.05) is 11.8 Å². The lowest BCUT2D eigenvalue weighted by molar-refractivity contribution is 0.199. The highest BCUT2D eigenvalue weighted by Gasteiger charge is 2.09. The topological polar surface area (TPSA) is 38.0 Å². The molecule has 0 radical (unpaired) electrons. The Bertz CT molecular complexity index is 750. The molecule has 0 saturated carbocycles. The summed E-state index contributed by atoms with van der Waals surface area (Å²) in [5.41, 5.74) is 3.73. The Hall–Kier alpha value is -2.10. The Labute approximate surface area is 128 Å². The van der Waals surface area contributed by atoms with Crippen LogP contribution in [0.2, 0.25) is 5.02 Å². The maximum Gasteiger partial charge on any atom is 0.0832 e. The van der Waals surface area contributed by atoms with Crippen LogP contribution in [0.4, 0.5) is 0 Å². The first kappa shape index (κ1) is 13.9. The van der Waals surface area contributed by atoms with Gasteiger partial charge in [0.1, 0.15) is 0 Å². The third-order valence-electron chi connectivity index (χ3n) is 3.39. The van der Waals surface area contributed by atoms with Crippen LogP contribution in [0.5, 0.6) is 0 Å². The van der Waals surface area contributed by atoms with Crippen LogP contribution in [-0.4, -0.2) is 14.9 Å². The largest absolute Gasteiger partial charge is 0.389 e. The van der Waals surface area contributed by atoms with Gasteiger partial charge in [-0.3, -0.25) is 0 Å². The number of nitrogens with zero attached hydrogens (tertiary/aromatic N) is 2. The molecule has 2 aromatic carbocycles. The summed E-state index contributed by atoms with van der Waals surface area (Å²) in [6, 6.07) is 15.6. The van der Waals surface area contributed by atoms with Crippen LogP contribution in [0.15, 0.2) is 60.9 Å². The van der Waals surface area contributed by atoms with Gasteiger partial charge < -0.3 is 5.11 Å². The molecule has 3 rings (SSSR count). The summed E-state index contributed by atoms with van der Waals surface area (Å²) in [5, 5.41) is 14.5. The monoisotopic (exact) mass is 298 g/mol. The van der Waals surface area contributed by atoms with E-state index in [1.165, 1.54) is 0 Å². The van der Waals surface area contributed by atoms with E-state index < -0.39 is 6.10 Å². The lowest BCUT2D eigenvalue weighted by atomic mass is 10.1. The zero-order chi connectivity index (χ0) is 14.8. The molecule has 1 aromatic heterocycles. The van der Waals surface area contributed by atoms with E-state index in [0.29, 0.717) is 5.02 Å². The van der Waals surface area contributed by atoms with E-state index >= 15 is 0 Å². The van der Waals surface area contributed by atoms with E-state index in [2.05, 4.69) is 5.10 Å². The number of benzene rings is 2. The van der Waals surface area contributed by atoms with E-state index in [1.54, 1.807) is 17.7 Å². The molecular formula is C17H15ClN2O. The van der Waals surface area contributed by atoms with Crippen molar-refractivity contribution in [2.75, 3.05) is 0 Å². The highest BCUT2D eigenvalue weighted by Crippen LogP contribution is 2.26. The van der Waals surface area contributed by atoms with Crippen molar-refractivity contribution >= 4 is 11.6 Å². The molecule has 21 heavy (non-hydrogen) atoms. The quantitative estimate of drug-likeness (QED) is 0.785. The van der Waals surface area contributed by atoms with Gasteiger partial charge in [0.15, 0.2) is 0 Å². The molecule has 0 spiro atoms. The molecule has 1 heterocycles. The molecule has 1 atom stereocenters. The number of hydrogen-bond donors (Lipinski definition) is 1. The van der Waals surface area contributed by atoms with Crippen molar-refractivity contribution in [3.8, 4) is 16.8 Å². The normalized spacial score (nSPS) is 12.3. The number of halogens is 1. The lowest BCUT2D eigenvalue weighted by Crippen LogP contribution is -1.97. The first-order chi connectivity index (χ1) is 10.1. The van der Waals surface area contributed by atoms with Crippen LogP contribution in [0, 0.1) is 0 Å². The second kappa shape index (κ2) is 5.72. The maximum atomic E-state index is 9.58. The van der Waals surface area contributed by atoms with Crippen molar-refractivity contribution in [1.82, 2.24) is 9.78 Å². The molecule has 1 N–H and O–H groups in total. The third kappa shape index (κ3) is 2.84. The molecule has 0 bridgehead atoms. The zero-order valence-electron chi connectivity index (χ0n) is 11.6. The highest BCUT2D eigenvalue weighted by molar-refractivity contribution is 6.32. The minimum Gasteiger partial charge on any atom is -0.389 e. The van der Waals surface area contributed by atoms with Gasteiger partial charge in [-0.05, 0) is 30.2 Å². The summed E-state index contributed by atoms with van der Waals surface area (Å²) >= 11 is 6.29. The number of hydrogen-bond acceptors (Lipinski definition) is 2. The molecule has 3 aromatic rings. The van der Waals surface area contributed by atoms with Crippen LogP contribution in [0.1, 0.15) is 18.6 Å². The van der Waals surface area contributed by atoms with Gasteiger partial charge in [0.25, 0.3) is 0 Å². The Morgan fingerprint density at radius 2 is 1.86 bits per heavy atom. The lowest BCUT2D eigenvalue weighted by Gasteiger charge is -2.09. The molecule has 0 aliphatic rings. The molecule has 0 aliphatic heterocycles. The Morgan fingerprint density at radius 1 is 1.10 bits per heavy atom. The van der Waals surface area contributed by atoms with Gasteiger partial charge in [-0.25, -0.2) is 4.68 Å². The van der Waals surface area contributed by atoms with Crippen LogP contribution >= 0.6 is 11.6 Å². The van der Waals surface area contributed by atoms with Crippen LogP contribution in [-0.2, 0) is 0 Å². The fourth-order valence-electron chi connectivity index (χ4n) is 2.20. The second-order valence-corrected chi connectivity index (χ2v) is 5.33. The molecule has 0 fully saturated rings. The summed E-state index contributed by atoms with van der Waals surface area (Å²) in [6.07, 6.45) is 3.22. The SMILES string of the molecule is C[C@@H](O)c1ccc(-n2cc(-c3ccccc3)cn2)c(Cl)c1. The summed E-state index contributed by atoms with van der Waals surface area (Å²) in [5.74, 6) is 0. The van der Waals surface area contributed by atoms with Crippen molar-refractivity contribution < 1.29 is 5.11 Å². The fourth-order valence-corrected chi connectivity index (χ4v) is 2.48. The minimum absolute atomic E-state index is 0.533. The van der Waals surface area contributed by atoms with Crippen LogP contribution in [0.3, 0.4) is 0 Å². The first-order valence-corrected chi connectivity index (χ1v) is 7.11. The van der Waals surface area contributed by atoms with Gasteiger partial charge >= 0.3 is 0 Å². The Morgan fingerprint density at radius 3 is 2.52 bits per heavy atom. The number of aliphatic hydroxyl groups is 1. The van der Waals surface area contributed by atoms with Gasteiger partial charge in [-0.15, -0.1) is 0 Å². The summed E-state index contributed by atoms with van der Waals surface area (Å²) in [4.78, 5) is 0. The van der Waals surface area contributed by atoms with E-state index in [-0.39, 0.29) is 0 Å². The zero-order valence-corrected chi connectivity index (χ0v) is 12.3. The number of aliphatic hydroxyl groups excluding tert-OH is 1.